The topological polar surface area (TPSA) is 43.6 Å². The number of hydrogen-bond donors (Lipinski definition) is 0. The summed E-state index contributed by atoms with van der Waals surface area (Å²) in [5, 5.41) is 1.11. The molecule has 0 fully saturated rings. The quantitative estimate of drug-likeness (QED) is 0.566. The first-order valence-electron chi connectivity index (χ1n) is 9.04. The summed E-state index contributed by atoms with van der Waals surface area (Å²) in [4.78, 5) is 17.1. The van der Waals surface area contributed by atoms with E-state index >= 15 is 0 Å². The SMILES string of the molecule is C=CCn1c(=O)c2c(c3ccc(OCCCC(C)C)cc31)CCN=C2. The highest BCUT2D eigenvalue weighted by molar-refractivity contribution is 5.93. The fourth-order valence-electron chi connectivity index (χ4n) is 3.34. The van der Waals surface area contributed by atoms with E-state index in [1.807, 2.05) is 12.1 Å². The molecule has 0 N–H and O–H groups in total. The van der Waals surface area contributed by atoms with Gasteiger partial charge in [-0.3, -0.25) is 9.79 Å². The van der Waals surface area contributed by atoms with Gasteiger partial charge in [-0.1, -0.05) is 19.9 Å². The van der Waals surface area contributed by atoms with E-state index in [1.54, 1.807) is 16.9 Å². The van der Waals surface area contributed by atoms with Gasteiger partial charge in [-0.2, -0.15) is 0 Å². The minimum absolute atomic E-state index is 0.00260. The molecule has 25 heavy (non-hydrogen) atoms. The lowest BCUT2D eigenvalue weighted by Gasteiger charge is -2.18. The average molecular weight is 338 g/mol. The second-order valence-electron chi connectivity index (χ2n) is 6.95. The Morgan fingerprint density at radius 2 is 2.24 bits per heavy atom. The molecule has 4 nitrogen and oxygen atoms in total. The van der Waals surface area contributed by atoms with Gasteiger partial charge >= 0.3 is 0 Å². The number of benzene rings is 1. The third-order valence-corrected chi connectivity index (χ3v) is 4.60. The smallest absolute Gasteiger partial charge is 0.260 e. The zero-order valence-electron chi connectivity index (χ0n) is 15.1. The number of rotatable bonds is 7. The number of aromatic nitrogens is 1. The van der Waals surface area contributed by atoms with Crippen molar-refractivity contribution in [3.63, 3.8) is 0 Å². The van der Waals surface area contributed by atoms with Gasteiger partial charge in [0.1, 0.15) is 5.75 Å². The van der Waals surface area contributed by atoms with Crippen LogP contribution in [0.15, 0.2) is 40.6 Å². The van der Waals surface area contributed by atoms with Crippen LogP contribution in [-0.2, 0) is 13.0 Å². The van der Waals surface area contributed by atoms with Crippen LogP contribution in [0.3, 0.4) is 0 Å². The Morgan fingerprint density at radius 3 is 3.00 bits per heavy atom. The normalized spacial score (nSPS) is 13.2. The summed E-state index contributed by atoms with van der Waals surface area (Å²) < 4.78 is 7.68. The van der Waals surface area contributed by atoms with Crippen molar-refractivity contribution in [1.29, 1.82) is 0 Å². The van der Waals surface area contributed by atoms with Gasteiger partial charge in [-0.25, -0.2) is 0 Å². The molecular formula is C21H26N2O2. The van der Waals surface area contributed by atoms with Gasteiger partial charge in [0.05, 0.1) is 17.7 Å². The van der Waals surface area contributed by atoms with Gasteiger partial charge in [0.25, 0.3) is 5.56 Å². The highest BCUT2D eigenvalue weighted by atomic mass is 16.5. The molecule has 1 aromatic heterocycles. The van der Waals surface area contributed by atoms with E-state index in [0.29, 0.717) is 24.6 Å². The number of pyridine rings is 1. The molecule has 1 aliphatic heterocycles. The van der Waals surface area contributed by atoms with Crippen molar-refractivity contribution in [3.8, 4) is 5.75 Å². The van der Waals surface area contributed by atoms with Crippen LogP contribution in [0, 0.1) is 5.92 Å². The molecule has 0 atom stereocenters. The molecule has 0 aliphatic carbocycles. The summed E-state index contributed by atoms with van der Waals surface area (Å²) in [6, 6.07) is 6.07. The number of ether oxygens (including phenoxy) is 1. The molecule has 1 aliphatic rings. The fourth-order valence-corrected chi connectivity index (χ4v) is 3.34. The van der Waals surface area contributed by atoms with Crippen LogP contribution < -0.4 is 10.3 Å². The minimum atomic E-state index is 0.00260. The maximum atomic E-state index is 12.8. The highest BCUT2D eigenvalue weighted by Crippen LogP contribution is 2.26. The molecule has 2 heterocycles. The summed E-state index contributed by atoms with van der Waals surface area (Å²) in [6.45, 7) is 10.1. The molecule has 0 radical (unpaired) electrons. The lowest BCUT2D eigenvalue weighted by Crippen LogP contribution is -2.27. The molecule has 0 spiro atoms. The van der Waals surface area contributed by atoms with Crippen molar-refractivity contribution in [3.05, 3.63) is 52.3 Å². The van der Waals surface area contributed by atoms with E-state index in [4.69, 9.17) is 4.74 Å². The van der Waals surface area contributed by atoms with Crippen LogP contribution in [0.4, 0.5) is 0 Å². The van der Waals surface area contributed by atoms with Crippen LogP contribution in [0.1, 0.15) is 37.8 Å². The largest absolute Gasteiger partial charge is 0.494 e. The van der Waals surface area contributed by atoms with Gasteiger partial charge < -0.3 is 9.30 Å². The molecule has 0 bridgehead atoms. The summed E-state index contributed by atoms with van der Waals surface area (Å²) >= 11 is 0. The lowest BCUT2D eigenvalue weighted by molar-refractivity contribution is 0.298. The summed E-state index contributed by atoms with van der Waals surface area (Å²) in [5.74, 6) is 1.50. The molecule has 2 aromatic rings. The van der Waals surface area contributed by atoms with Crippen LogP contribution in [0.25, 0.3) is 10.9 Å². The number of aliphatic imine (C=N–C) groups is 1. The summed E-state index contributed by atoms with van der Waals surface area (Å²) in [5.41, 5.74) is 2.73. The van der Waals surface area contributed by atoms with E-state index in [1.165, 1.54) is 0 Å². The fraction of sp³-hybridized carbons (Fsp3) is 0.429. The zero-order chi connectivity index (χ0) is 17.8. The van der Waals surface area contributed by atoms with Gasteiger partial charge in [0, 0.05) is 30.8 Å². The van der Waals surface area contributed by atoms with Crippen LogP contribution in [0.5, 0.6) is 5.75 Å². The Hall–Kier alpha value is -2.36. The first-order chi connectivity index (χ1) is 12.1. The maximum Gasteiger partial charge on any atom is 0.260 e. The third kappa shape index (κ3) is 3.68. The third-order valence-electron chi connectivity index (χ3n) is 4.60. The first kappa shape index (κ1) is 17.5. The minimum Gasteiger partial charge on any atom is -0.494 e. The Bertz CT molecular complexity index is 862. The molecular weight excluding hydrogens is 312 g/mol. The van der Waals surface area contributed by atoms with Gasteiger partial charge in [-0.05, 0) is 42.9 Å². The molecule has 1 aromatic carbocycles. The van der Waals surface area contributed by atoms with Gasteiger partial charge in [0.2, 0.25) is 0 Å². The van der Waals surface area contributed by atoms with Gasteiger partial charge in [0.15, 0.2) is 0 Å². The van der Waals surface area contributed by atoms with E-state index in [2.05, 4.69) is 31.5 Å². The van der Waals surface area contributed by atoms with Gasteiger partial charge in [-0.15, -0.1) is 6.58 Å². The second kappa shape index (κ2) is 7.68. The Kier molecular flexibility index (Phi) is 5.37. The van der Waals surface area contributed by atoms with E-state index in [-0.39, 0.29) is 5.56 Å². The standard InChI is InChI=1S/C21H26N2O2/c1-4-11-23-20-13-16(25-12-5-6-15(2)3)7-8-18(20)17-9-10-22-14-19(17)21(23)24/h4,7-8,13-15H,1,5-6,9-12H2,2-3H3. The second-order valence-corrected chi connectivity index (χ2v) is 6.95. The first-order valence-corrected chi connectivity index (χ1v) is 9.04. The van der Waals surface area contributed by atoms with E-state index in [9.17, 15) is 4.79 Å². The molecule has 0 saturated carbocycles. The predicted molar refractivity (Wildman–Crippen MR) is 104 cm³/mol. The van der Waals surface area contributed by atoms with Crippen LogP contribution >= 0.6 is 0 Å². The van der Waals surface area contributed by atoms with Crippen molar-refractivity contribution >= 4 is 17.1 Å². The Morgan fingerprint density at radius 1 is 1.40 bits per heavy atom. The summed E-state index contributed by atoms with van der Waals surface area (Å²) in [6.07, 6.45) is 6.47. The zero-order valence-corrected chi connectivity index (χ0v) is 15.1. The molecule has 4 heteroatoms. The molecule has 0 unspecified atom stereocenters. The number of hydrogen-bond acceptors (Lipinski definition) is 3. The van der Waals surface area contributed by atoms with Crippen molar-refractivity contribution in [2.45, 2.75) is 39.7 Å². The number of nitrogens with zero attached hydrogens (tertiary/aromatic N) is 2. The van der Waals surface area contributed by atoms with Crippen molar-refractivity contribution in [2.24, 2.45) is 10.9 Å². The molecule has 0 amide bonds. The average Bonchev–Trinajstić information content (AvgIpc) is 2.62. The number of fused-ring (bicyclic) bond motifs is 3. The maximum absolute atomic E-state index is 12.8. The Labute approximate surface area is 148 Å². The predicted octanol–water partition coefficient (Wildman–Crippen LogP) is 3.98. The molecule has 3 rings (SSSR count). The summed E-state index contributed by atoms with van der Waals surface area (Å²) in [7, 11) is 0. The number of allylic oxidation sites excluding steroid dienone is 1. The monoisotopic (exact) mass is 338 g/mol. The van der Waals surface area contributed by atoms with Crippen molar-refractivity contribution < 1.29 is 4.74 Å². The molecule has 0 saturated heterocycles. The van der Waals surface area contributed by atoms with Crippen molar-refractivity contribution in [2.75, 3.05) is 13.2 Å². The molecule has 132 valence electrons. The lowest BCUT2D eigenvalue weighted by atomic mass is 9.98. The highest BCUT2D eigenvalue weighted by Gasteiger charge is 2.17. The Balaban J connectivity index is 2.00. The van der Waals surface area contributed by atoms with Crippen LogP contribution in [-0.4, -0.2) is 23.9 Å². The van der Waals surface area contributed by atoms with Crippen LogP contribution in [0.2, 0.25) is 0 Å². The van der Waals surface area contributed by atoms with E-state index in [0.717, 1.165) is 48.0 Å². The van der Waals surface area contributed by atoms with Crippen molar-refractivity contribution in [1.82, 2.24) is 4.57 Å². The van der Waals surface area contributed by atoms with E-state index < -0.39 is 0 Å².